The molecule has 0 aromatic heterocycles. The molecule has 3 unspecified atom stereocenters. The van der Waals surface area contributed by atoms with Crippen LogP contribution in [0.5, 0.6) is 5.75 Å². The first kappa shape index (κ1) is 23.6. The largest absolute Gasteiger partial charge is 0.497 e. The quantitative estimate of drug-likeness (QED) is 0.306. The third-order valence-electron chi connectivity index (χ3n) is 7.66. The fourth-order valence-electron chi connectivity index (χ4n) is 5.87. The zero-order valence-corrected chi connectivity index (χ0v) is 20.7. The molecule has 4 rings (SSSR count). The predicted molar refractivity (Wildman–Crippen MR) is 140 cm³/mol. The molecule has 0 aliphatic heterocycles. The molecule has 3 aromatic carbocycles. The van der Waals surface area contributed by atoms with Crippen molar-refractivity contribution >= 4 is 0 Å². The van der Waals surface area contributed by atoms with Crippen LogP contribution >= 0.6 is 0 Å². The zero-order valence-electron chi connectivity index (χ0n) is 20.7. The summed E-state index contributed by atoms with van der Waals surface area (Å²) in [6.45, 7) is 4.68. The van der Waals surface area contributed by atoms with Crippen molar-refractivity contribution in [2.45, 2.75) is 76.5 Å². The van der Waals surface area contributed by atoms with Gasteiger partial charge in [0.1, 0.15) is 5.75 Å². The summed E-state index contributed by atoms with van der Waals surface area (Å²) in [5.74, 6) is 3.75. The van der Waals surface area contributed by atoms with Crippen molar-refractivity contribution in [1.82, 2.24) is 0 Å². The summed E-state index contributed by atoms with van der Waals surface area (Å²) in [5.41, 5.74) is 6.10. The third-order valence-corrected chi connectivity index (χ3v) is 7.66. The summed E-state index contributed by atoms with van der Waals surface area (Å²) < 4.78 is 5.32. The Hall–Kier alpha value is -2.54. The first-order valence-electron chi connectivity index (χ1n) is 12.9. The highest BCUT2D eigenvalue weighted by Crippen LogP contribution is 2.44. The molecule has 0 spiro atoms. The molecule has 1 fully saturated rings. The van der Waals surface area contributed by atoms with Crippen LogP contribution in [-0.2, 0) is 6.42 Å². The van der Waals surface area contributed by atoms with E-state index in [1.54, 1.807) is 23.8 Å². The Bertz CT molecular complexity index is 973. The van der Waals surface area contributed by atoms with Crippen molar-refractivity contribution in [2.75, 3.05) is 7.11 Å². The van der Waals surface area contributed by atoms with Crippen LogP contribution in [-0.4, -0.2) is 7.11 Å². The van der Waals surface area contributed by atoms with Crippen LogP contribution in [0.15, 0.2) is 78.9 Å². The molecule has 174 valence electrons. The van der Waals surface area contributed by atoms with E-state index in [-0.39, 0.29) is 0 Å². The standard InChI is InChI=1S/C32H40O/c1-24(2)31-14-7-8-15-32(31)29(13-9-10-25-17-20-30(33-3)21-18-25)23-26-16-19-28(22-26)27-11-5-4-6-12-27/h4-8,11-12,14-15,17-18,20-21,24,26,28-29H,9-10,13,16,19,22-23H2,1-3H3. The van der Waals surface area contributed by atoms with Gasteiger partial charge in [-0.2, -0.15) is 0 Å². The molecular weight excluding hydrogens is 400 g/mol. The third kappa shape index (κ3) is 6.28. The number of hydrogen-bond acceptors (Lipinski definition) is 1. The van der Waals surface area contributed by atoms with E-state index in [0.717, 1.165) is 24.0 Å². The lowest BCUT2D eigenvalue weighted by Gasteiger charge is -2.25. The Morgan fingerprint density at radius 1 is 0.818 bits per heavy atom. The van der Waals surface area contributed by atoms with E-state index in [9.17, 15) is 0 Å². The molecule has 0 saturated heterocycles. The van der Waals surface area contributed by atoms with Gasteiger partial charge < -0.3 is 4.74 Å². The van der Waals surface area contributed by atoms with Crippen LogP contribution in [0.4, 0.5) is 0 Å². The van der Waals surface area contributed by atoms with E-state index in [1.807, 2.05) is 0 Å². The number of hydrogen-bond donors (Lipinski definition) is 0. The molecule has 0 radical (unpaired) electrons. The molecule has 0 bridgehead atoms. The van der Waals surface area contributed by atoms with Crippen molar-refractivity contribution in [1.29, 1.82) is 0 Å². The lowest BCUT2D eigenvalue weighted by atomic mass is 9.80. The van der Waals surface area contributed by atoms with E-state index in [1.165, 1.54) is 44.1 Å². The monoisotopic (exact) mass is 440 g/mol. The summed E-state index contributed by atoms with van der Waals surface area (Å²) in [6, 6.07) is 29.0. The van der Waals surface area contributed by atoms with E-state index >= 15 is 0 Å². The lowest BCUT2D eigenvalue weighted by molar-refractivity contribution is 0.413. The first-order chi connectivity index (χ1) is 16.1. The van der Waals surface area contributed by atoms with Gasteiger partial charge in [0, 0.05) is 0 Å². The number of aryl methyl sites for hydroxylation is 1. The van der Waals surface area contributed by atoms with Crippen LogP contribution in [0.2, 0.25) is 0 Å². The predicted octanol–water partition coefficient (Wildman–Crippen LogP) is 8.90. The minimum Gasteiger partial charge on any atom is -0.497 e. The second-order valence-electron chi connectivity index (χ2n) is 10.2. The van der Waals surface area contributed by atoms with Crippen molar-refractivity contribution in [3.63, 3.8) is 0 Å². The maximum Gasteiger partial charge on any atom is 0.118 e. The zero-order chi connectivity index (χ0) is 23.0. The molecule has 3 atom stereocenters. The number of methoxy groups -OCH3 is 1. The van der Waals surface area contributed by atoms with Gasteiger partial charge in [-0.15, -0.1) is 0 Å². The van der Waals surface area contributed by atoms with Gasteiger partial charge in [0.2, 0.25) is 0 Å². The molecule has 33 heavy (non-hydrogen) atoms. The average Bonchev–Trinajstić information content (AvgIpc) is 3.33. The topological polar surface area (TPSA) is 9.23 Å². The van der Waals surface area contributed by atoms with E-state index in [4.69, 9.17) is 4.74 Å². The Morgan fingerprint density at radius 2 is 1.52 bits per heavy atom. The Kier molecular flexibility index (Phi) is 8.26. The second kappa shape index (κ2) is 11.5. The van der Waals surface area contributed by atoms with E-state index in [0.29, 0.717) is 11.8 Å². The minimum atomic E-state index is 0.575. The second-order valence-corrected chi connectivity index (χ2v) is 10.2. The smallest absolute Gasteiger partial charge is 0.118 e. The van der Waals surface area contributed by atoms with Gasteiger partial charge in [0.15, 0.2) is 0 Å². The van der Waals surface area contributed by atoms with Gasteiger partial charge in [-0.05, 0) is 103 Å². The molecule has 1 aliphatic carbocycles. The Morgan fingerprint density at radius 3 is 2.21 bits per heavy atom. The normalized spacial score (nSPS) is 19.0. The van der Waals surface area contributed by atoms with Crippen molar-refractivity contribution < 1.29 is 4.74 Å². The summed E-state index contributed by atoms with van der Waals surface area (Å²) in [6.07, 6.45) is 9.04. The molecular formula is C32H40O. The number of ether oxygens (including phenoxy) is 1. The van der Waals surface area contributed by atoms with Gasteiger partial charge in [-0.1, -0.05) is 80.6 Å². The summed E-state index contributed by atoms with van der Waals surface area (Å²) in [7, 11) is 1.73. The average molecular weight is 441 g/mol. The first-order valence-corrected chi connectivity index (χ1v) is 12.9. The maximum absolute atomic E-state index is 5.32. The summed E-state index contributed by atoms with van der Waals surface area (Å²) in [4.78, 5) is 0. The van der Waals surface area contributed by atoms with Gasteiger partial charge in [-0.3, -0.25) is 0 Å². The molecule has 0 N–H and O–H groups in total. The van der Waals surface area contributed by atoms with Crippen LogP contribution < -0.4 is 4.74 Å². The highest BCUT2D eigenvalue weighted by molar-refractivity contribution is 5.33. The van der Waals surface area contributed by atoms with E-state index < -0.39 is 0 Å². The number of rotatable bonds is 10. The molecule has 1 heteroatoms. The molecule has 1 aliphatic rings. The summed E-state index contributed by atoms with van der Waals surface area (Å²) in [5, 5.41) is 0. The van der Waals surface area contributed by atoms with Crippen molar-refractivity contribution in [2.24, 2.45) is 5.92 Å². The van der Waals surface area contributed by atoms with Crippen LogP contribution in [0.25, 0.3) is 0 Å². The van der Waals surface area contributed by atoms with Gasteiger partial charge >= 0.3 is 0 Å². The van der Waals surface area contributed by atoms with Crippen LogP contribution in [0, 0.1) is 5.92 Å². The molecule has 0 amide bonds. The molecule has 3 aromatic rings. The maximum atomic E-state index is 5.32. The van der Waals surface area contributed by atoms with Gasteiger partial charge in [0.25, 0.3) is 0 Å². The SMILES string of the molecule is COc1ccc(CCCC(CC2CCC(c3ccccc3)C2)c2ccccc2C(C)C)cc1. The number of benzene rings is 3. The Balaban J connectivity index is 1.45. The molecule has 1 saturated carbocycles. The highest BCUT2D eigenvalue weighted by atomic mass is 16.5. The lowest BCUT2D eigenvalue weighted by Crippen LogP contribution is -2.10. The van der Waals surface area contributed by atoms with E-state index in [2.05, 4.69) is 92.7 Å². The fraction of sp³-hybridized carbons (Fsp3) is 0.438. The van der Waals surface area contributed by atoms with Crippen molar-refractivity contribution in [3.05, 3.63) is 101 Å². The Labute approximate surface area is 201 Å². The minimum absolute atomic E-state index is 0.575. The van der Waals surface area contributed by atoms with Gasteiger partial charge in [0.05, 0.1) is 7.11 Å². The van der Waals surface area contributed by atoms with Crippen LogP contribution in [0.3, 0.4) is 0 Å². The highest BCUT2D eigenvalue weighted by Gasteiger charge is 2.29. The molecule has 0 heterocycles. The van der Waals surface area contributed by atoms with Gasteiger partial charge in [-0.25, -0.2) is 0 Å². The van der Waals surface area contributed by atoms with Crippen molar-refractivity contribution in [3.8, 4) is 5.75 Å². The fourth-order valence-corrected chi connectivity index (χ4v) is 5.87. The summed E-state index contributed by atoms with van der Waals surface area (Å²) >= 11 is 0. The molecule has 1 nitrogen and oxygen atoms in total. The van der Waals surface area contributed by atoms with Crippen LogP contribution in [0.1, 0.15) is 92.4 Å².